The van der Waals surface area contributed by atoms with Gasteiger partial charge in [0.1, 0.15) is 0 Å². The highest BCUT2D eigenvalue weighted by Gasteiger charge is 2.37. The van der Waals surface area contributed by atoms with Gasteiger partial charge in [0, 0.05) is 18.0 Å². The van der Waals surface area contributed by atoms with Crippen molar-refractivity contribution in [2.75, 3.05) is 14.2 Å². The van der Waals surface area contributed by atoms with Gasteiger partial charge >= 0.3 is 0 Å². The molecule has 0 spiro atoms. The molecule has 1 aromatic heterocycles. The van der Waals surface area contributed by atoms with Crippen LogP contribution in [-0.2, 0) is 11.2 Å². The van der Waals surface area contributed by atoms with E-state index in [1.807, 2.05) is 18.4 Å². The van der Waals surface area contributed by atoms with Crippen molar-refractivity contribution in [3.63, 3.8) is 0 Å². The Morgan fingerprint density at radius 1 is 1.32 bits per heavy atom. The van der Waals surface area contributed by atoms with E-state index in [0.717, 1.165) is 6.42 Å². The maximum Gasteiger partial charge on any atom is 0.0830 e. The lowest BCUT2D eigenvalue weighted by atomic mass is 9.83. The standard InChI is InChI=1S/C16H27NOS/c1-17-15(10-9-14-8-7-13-19-14)16(18-2)11-5-3-4-6-12-16/h7-8,13,15,17H,3-6,9-12H2,1-2H3. The van der Waals surface area contributed by atoms with Crippen LogP contribution in [0.2, 0.25) is 0 Å². The van der Waals surface area contributed by atoms with Crippen molar-refractivity contribution in [1.82, 2.24) is 5.32 Å². The van der Waals surface area contributed by atoms with Crippen molar-refractivity contribution in [1.29, 1.82) is 0 Å². The zero-order valence-corrected chi connectivity index (χ0v) is 13.1. The molecule has 0 amide bonds. The molecule has 1 unspecified atom stereocenters. The Morgan fingerprint density at radius 3 is 2.58 bits per heavy atom. The summed E-state index contributed by atoms with van der Waals surface area (Å²) in [7, 11) is 3.99. The molecule has 0 aliphatic heterocycles. The zero-order chi connectivity index (χ0) is 13.6. The zero-order valence-electron chi connectivity index (χ0n) is 12.3. The molecule has 1 N–H and O–H groups in total. The van der Waals surface area contributed by atoms with Crippen LogP contribution in [0.5, 0.6) is 0 Å². The molecular formula is C16H27NOS. The Kier molecular flexibility index (Phi) is 5.86. The normalized spacial score (nSPS) is 20.9. The highest BCUT2D eigenvalue weighted by atomic mass is 32.1. The smallest absolute Gasteiger partial charge is 0.0830 e. The second-order valence-electron chi connectivity index (χ2n) is 5.64. The molecule has 0 bridgehead atoms. The van der Waals surface area contributed by atoms with Crippen LogP contribution in [0.15, 0.2) is 17.5 Å². The minimum absolute atomic E-state index is 0.0580. The lowest BCUT2D eigenvalue weighted by Crippen LogP contribution is -2.51. The van der Waals surface area contributed by atoms with E-state index in [1.165, 1.54) is 49.8 Å². The molecule has 0 aromatic carbocycles. The van der Waals surface area contributed by atoms with Gasteiger partial charge in [-0.15, -0.1) is 11.3 Å². The second kappa shape index (κ2) is 7.41. The summed E-state index contributed by atoms with van der Waals surface area (Å²) >= 11 is 1.86. The maximum atomic E-state index is 6.02. The third kappa shape index (κ3) is 3.80. The van der Waals surface area contributed by atoms with E-state index in [1.54, 1.807) is 0 Å². The van der Waals surface area contributed by atoms with E-state index in [-0.39, 0.29) is 5.60 Å². The first-order valence-electron chi connectivity index (χ1n) is 7.55. The fraction of sp³-hybridized carbons (Fsp3) is 0.750. The van der Waals surface area contributed by atoms with Crippen LogP contribution < -0.4 is 5.32 Å². The first kappa shape index (κ1) is 15.0. The maximum absolute atomic E-state index is 6.02. The van der Waals surface area contributed by atoms with Gasteiger partial charge in [0.25, 0.3) is 0 Å². The molecule has 1 heterocycles. The number of nitrogens with one attached hydrogen (secondary N) is 1. The minimum Gasteiger partial charge on any atom is -0.377 e. The van der Waals surface area contributed by atoms with Gasteiger partial charge in [-0.1, -0.05) is 31.7 Å². The number of likely N-dealkylation sites (N-methyl/N-ethyl adjacent to an activating group) is 1. The molecule has 0 saturated heterocycles. The van der Waals surface area contributed by atoms with Crippen LogP contribution in [0.25, 0.3) is 0 Å². The van der Waals surface area contributed by atoms with Gasteiger partial charge in [-0.05, 0) is 44.2 Å². The van der Waals surface area contributed by atoms with E-state index < -0.39 is 0 Å². The summed E-state index contributed by atoms with van der Waals surface area (Å²) in [6, 6.07) is 4.86. The van der Waals surface area contributed by atoms with Crippen molar-refractivity contribution in [3.8, 4) is 0 Å². The quantitative estimate of drug-likeness (QED) is 0.796. The van der Waals surface area contributed by atoms with E-state index >= 15 is 0 Å². The first-order chi connectivity index (χ1) is 9.30. The largest absolute Gasteiger partial charge is 0.377 e. The molecule has 19 heavy (non-hydrogen) atoms. The number of thiophene rings is 1. The average Bonchev–Trinajstić information content (AvgIpc) is 2.84. The lowest BCUT2D eigenvalue weighted by Gasteiger charge is -2.39. The van der Waals surface area contributed by atoms with Crippen molar-refractivity contribution in [2.24, 2.45) is 0 Å². The van der Waals surface area contributed by atoms with Crippen LogP contribution in [0.3, 0.4) is 0 Å². The fourth-order valence-corrected chi connectivity index (χ4v) is 4.16. The summed E-state index contributed by atoms with van der Waals surface area (Å²) in [5, 5.41) is 5.70. The highest BCUT2D eigenvalue weighted by molar-refractivity contribution is 7.09. The number of ether oxygens (including phenoxy) is 1. The van der Waals surface area contributed by atoms with Crippen molar-refractivity contribution >= 4 is 11.3 Å². The van der Waals surface area contributed by atoms with E-state index in [9.17, 15) is 0 Å². The summed E-state index contributed by atoms with van der Waals surface area (Å²) in [4.78, 5) is 1.49. The Bertz CT molecular complexity index is 342. The third-order valence-electron chi connectivity index (χ3n) is 4.60. The number of hydrogen-bond donors (Lipinski definition) is 1. The van der Waals surface area contributed by atoms with Crippen LogP contribution in [0.4, 0.5) is 0 Å². The summed E-state index contributed by atoms with van der Waals surface area (Å²) < 4.78 is 6.02. The predicted molar refractivity (Wildman–Crippen MR) is 82.9 cm³/mol. The molecule has 1 aromatic rings. The number of aryl methyl sites for hydroxylation is 1. The van der Waals surface area contributed by atoms with Gasteiger partial charge in [-0.2, -0.15) is 0 Å². The Labute approximate surface area is 121 Å². The summed E-state index contributed by atoms with van der Waals surface area (Å²) in [5.74, 6) is 0. The van der Waals surface area contributed by atoms with Gasteiger partial charge in [0.15, 0.2) is 0 Å². The van der Waals surface area contributed by atoms with E-state index in [0.29, 0.717) is 6.04 Å². The summed E-state index contributed by atoms with van der Waals surface area (Å²) in [5.41, 5.74) is 0.0580. The van der Waals surface area contributed by atoms with Crippen LogP contribution >= 0.6 is 11.3 Å². The highest BCUT2D eigenvalue weighted by Crippen LogP contribution is 2.34. The molecule has 108 valence electrons. The van der Waals surface area contributed by atoms with Gasteiger partial charge < -0.3 is 10.1 Å². The van der Waals surface area contributed by atoms with Crippen molar-refractivity contribution in [2.45, 2.75) is 63.0 Å². The second-order valence-corrected chi connectivity index (χ2v) is 6.67. The third-order valence-corrected chi connectivity index (χ3v) is 5.54. The molecular weight excluding hydrogens is 254 g/mol. The van der Waals surface area contributed by atoms with Gasteiger partial charge in [-0.25, -0.2) is 0 Å². The average molecular weight is 281 g/mol. The van der Waals surface area contributed by atoms with Gasteiger partial charge in [0.2, 0.25) is 0 Å². The predicted octanol–water partition coefficient (Wildman–Crippen LogP) is 4.01. The molecule has 1 atom stereocenters. The van der Waals surface area contributed by atoms with Gasteiger partial charge in [-0.3, -0.25) is 0 Å². The Balaban J connectivity index is 2.00. The summed E-state index contributed by atoms with van der Waals surface area (Å²) in [6.45, 7) is 0. The van der Waals surface area contributed by atoms with Crippen LogP contribution in [-0.4, -0.2) is 25.8 Å². The van der Waals surface area contributed by atoms with Crippen LogP contribution in [0.1, 0.15) is 49.8 Å². The number of rotatable bonds is 6. The number of methoxy groups -OCH3 is 1. The molecule has 1 aliphatic carbocycles. The van der Waals surface area contributed by atoms with Crippen LogP contribution in [0, 0.1) is 0 Å². The molecule has 0 radical (unpaired) electrons. The topological polar surface area (TPSA) is 21.3 Å². The molecule has 1 aliphatic rings. The van der Waals surface area contributed by atoms with Gasteiger partial charge in [0.05, 0.1) is 5.60 Å². The Hall–Kier alpha value is -0.380. The lowest BCUT2D eigenvalue weighted by molar-refractivity contribution is -0.0528. The fourth-order valence-electron chi connectivity index (χ4n) is 3.43. The van der Waals surface area contributed by atoms with E-state index in [4.69, 9.17) is 4.74 Å². The minimum atomic E-state index is 0.0580. The Morgan fingerprint density at radius 2 is 2.05 bits per heavy atom. The monoisotopic (exact) mass is 281 g/mol. The molecule has 3 heteroatoms. The molecule has 1 fully saturated rings. The molecule has 2 nitrogen and oxygen atoms in total. The molecule has 2 rings (SSSR count). The number of hydrogen-bond acceptors (Lipinski definition) is 3. The summed E-state index contributed by atoms with van der Waals surface area (Å²) in [6.07, 6.45) is 10.1. The van der Waals surface area contributed by atoms with Crippen molar-refractivity contribution in [3.05, 3.63) is 22.4 Å². The first-order valence-corrected chi connectivity index (χ1v) is 8.43. The SMILES string of the molecule is CNC(CCc1cccs1)C1(OC)CCCCCC1. The van der Waals surface area contributed by atoms with Crippen molar-refractivity contribution < 1.29 is 4.74 Å². The molecule has 1 saturated carbocycles. The van der Waals surface area contributed by atoms with E-state index in [2.05, 4.69) is 29.9 Å².